The van der Waals surface area contributed by atoms with Crippen LogP contribution in [0.4, 0.5) is 0 Å². The van der Waals surface area contributed by atoms with Crippen LogP contribution in [-0.4, -0.2) is 24.4 Å². The molecule has 0 heterocycles. The van der Waals surface area contributed by atoms with Crippen LogP contribution >= 0.6 is 23.2 Å². The first-order valence-electron chi connectivity index (χ1n) is 5.58. The zero-order valence-electron chi connectivity index (χ0n) is 10.3. The number of likely N-dealkylation sites (N-methyl/N-ethyl adjacent to an activating group) is 1. The molecule has 0 atom stereocenters. The zero-order chi connectivity index (χ0) is 13.0. The Labute approximate surface area is 113 Å². The second kappa shape index (κ2) is 6.27. The highest BCUT2D eigenvalue weighted by molar-refractivity contribution is 6.42. The fourth-order valence-corrected chi connectivity index (χ4v) is 1.93. The summed E-state index contributed by atoms with van der Waals surface area (Å²) >= 11 is 11.7. The van der Waals surface area contributed by atoms with Crippen LogP contribution in [0.25, 0.3) is 0 Å². The summed E-state index contributed by atoms with van der Waals surface area (Å²) in [6.45, 7) is 4.94. The summed E-state index contributed by atoms with van der Waals surface area (Å²) in [5.41, 5.74) is 0.889. The van der Waals surface area contributed by atoms with Gasteiger partial charge in [0.15, 0.2) is 0 Å². The van der Waals surface area contributed by atoms with E-state index < -0.39 is 0 Å². The van der Waals surface area contributed by atoms with Gasteiger partial charge in [-0.2, -0.15) is 0 Å². The minimum absolute atomic E-state index is 0.0945. The maximum absolute atomic E-state index is 11.9. The number of hydrogen-bond donors (Lipinski definition) is 0. The smallest absolute Gasteiger partial charge is 0.226 e. The highest BCUT2D eigenvalue weighted by Gasteiger charge is 2.11. The Bertz CT molecular complexity index is 404. The monoisotopic (exact) mass is 273 g/mol. The van der Waals surface area contributed by atoms with E-state index >= 15 is 0 Å². The van der Waals surface area contributed by atoms with Gasteiger partial charge < -0.3 is 4.90 Å². The summed E-state index contributed by atoms with van der Waals surface area (Å²) in [5.74, 6) is 0.565. The minimum Gasteiger partial charge on any atom is -0.345 e. The van der Waals surface area contributed by atoms with Gasteiger partial charge in [-0.3, -0.25) is 4.79 Å². The first-order valence-corrected chi connectivity index (χ1v) is 6.33. The minimum atomic E-state index is 0.0945. The topological polar surface area (TPSA) is 20.3 Å². The number of benzene rings is 1. The van der Waals surface area contributed by atoms with Crippen molar-refractivity contribution in [2.45, 2.75) is 20.3 Å². The van der Waals surface area contributed by atoms with Gasteiger partial charge in [0.05, 0.1) is 16.5 Å². The van der Waals surface area contributed by atoms with E-state index in [9.17, 15) is 4.79 Å². The van der Waals surface area contributed by atoms with Crippen molar-refractivity contribution in [3.05, 3.63) is 33.8 Å². The molecule has 1 rings (SSSR count). The van der Waals surface area contributed by atoms with Crippen LogP contribution in [0.15, 0.2) is 18.2 Å². The molecule has 0 radical (unpaired) electrons. The summed E-state index contributed by atoms with van der Waals surface area (Å²) in [5, 5.41) is 1.00. The van der Waals surface area contributed by atoms with Crippen LogP contribution in [-0.2, 0) is 11.2 Å². The molecule has 0 aromatic heterocycles. The van der Waals surface area contributed by atoms with Gasteiger partial charge in [-0.25, -0.2) is 0 Å². The lowest BCUT2D eigenvalue weighted by Gasteiger charge is -2.19. The number of halogens is 2. The lowest BCUT2D eigenvalue weighted by molar-refractivity contribution is -0.129. The van der Waals surface area contributed by atoms with Crippen LogP contribution in [0, 0.1) is 5.92 Å². The summed E-state index contributed by atoms with van der Waals surface area (Å²) in [6.07, 6.45) is 0.361. The summed E-state index contributed by atoms with van der Waals surface area (Å²) in [7, 11) is 1.82. The van der Waals surface area contributed by atoms with E-state index in [1.807, 2.05) is 13.1 Å². The first-order chi connectivity index (χ1) is 7.90. The molecule has 0 fully saturated rings. The second-order valence-electron chi connectivity index (χ2n) is 4.59. The predicted octanol–water partition coefficient (Wildman–Crippen LogP) is 3.65. The van der Waals surface area contributed by atoms with Crippen LogP contribution in [0.2, 0.25) is 10.0 Å². The van der Waals surface area contributed by atoms with E-state index in [1.165, 1.54) is 0 Å². The molecule has 1 aromatic carbocycles. The van der Waals surface area contributed by atoms with Gasteiger partial charge >= 0.3 is 0 Å². The summed E-state index contributed by atoms with van der Waals surface area (Å²) in [6, 6.07) is 5.29. The molecule has 0 aliphatic rings. The highest BCUT2D eigenvalue weighted by atomic mass is 35.5. The Morgan fingerprint density at radius 1 is 1.29 bits per heavy atom. The van der Waals surface area contributed by atoms with E-state index in [1.54, 1.807) is 17.0 Å². The average molecular weight is 274 g/mol. The van der Waals surface area contributed by atoms with Crippen molar-refractivity contribution in [2.75, 3.05) is 13.6 Å². The largest absolute Gasteiger partial charge is 0.345 e. The third kappa shape index (κ3) is 4.57. The SMILES string of the molecule is CC(C)CN(C)C(=O)Cc1ccc(Cl)c(Cl)c1. The third-order valence-electron chi connectivity index (χ3n) is 2.40. The van der Waals surface area contributed by atoms with Crippen LogP contribution in [0.5, 0.6) is 0 Å². The standard InChI is InChI=1S/C13H17Cl2NO/c1-9(2)8-16(3)13(17)7-10-4-5-11(14)12(15)6-10/h4-6,9H,7-8H2,1-3H3. The van der Waals surface area contributed by atoms with Gasteiger partial charge in [-0.05, 0) is 23.6 Å². The molecule has 0 saturated carbocycles. The maximum atomic E-state index is 11.9. The Kier molecular flexibility index (Phi) is 5.29. The van der Waals surface area contributed by atoms with E-state index in [-0.39, 0.29) is 5.91 Å². The van der Waals surface area contributed by atoms with Crippen LogP contribution in [0.1, 0.15) is 19.4 Å². The molecule has 0 bridgehead atoms. The number of carbonyl (C=O) groups is 1. The third-order valence-corrected chi connectivity index (χ3v) is 3.14. The number of nitrogens with zero attached hydrogens (tertiary/aromatic N) is 1. The molecule has 1 amide bonds. The zero-order valence-corrected chi connectivity index (χ0v) is 11.8. The quantitative estimate of drug-likeness (QED) is 0.820. The van der Waals surface area contributed by atoms with E-state index in [0.717, 1.165) is 12.1 Å². The van der Waals surface area contributed by atoms with Crippen molar-refractivity contribution in [3.8, 4) is 0 Å². The van der Waals surface area contributed by atoms with Crippen molar-refractivity contribution < 1.29 is 4.79 Å². The fraction of sp³-hybridized carbons (Fsp3) is 0.462. The van der Waals surface area contributed by atoms with E-state index in [4.69, 9.17) is 23.2 Å². The first kappa shape index (κ1) is 14.3. The molecule has 4 heteroatoms. The van der Waals surface area contributed by atoms with Crippen molar-refractivity contribution in [1.82, 2.24) is 4.90 Å². The molecule has 0 aliphatic heterocycles. The number of hydrogen-bond acceptors (Lipinski definition) is 1. The lowest BCUT2D eigenvalue weighted by atomic mass is 10.1. The lowest BCUT2D eigenvalue weighted by Crippen LogP contribution is -2.31. The molecule has 2 nitrogen and oxygen atoms in total. The van der Waals surface area contributed by atoms with Gasteiger partial charge in [0.2, 0.25) is 5.91 Å². The molecule has 1 aromatic rings. The van der Waals surface area contributed by atoms with Gasteiger partial charge in [-0.15, -0.1) is 0 Å². The molecule has 0 N–H and O–H groups in total. The van der Waals surface area contributed by atoms with Gasteiger partial charge in [0.25, 0.3) is 0 Å². The highest BCUT2D eigenvalue weighted by Crippen LogP contribution is 2.22. The average Bonchev–Trinajstić information content (AvgIpc) is 2.22. The van der Waals surface area contributed by atoms with E-state index in [0.29, 0.717) is 22.4 Å². The molecular weight excluding hydrogens is 257 g/mol. The Morgan fingerprint density at radius 2 is 1.94 bits per heavy atom. The number of rotatable bonds is 4. The molecule has 94 valence electrons. The summed E-state index contributed by atoms with van der Waals surface area (Å²) < 4.78 is 0. The molecular formula is C13H17Cl2NO. The summed E-state index contributed by atoms with van der Waals surface area (Å²) in [4.78, 5) is 13.6. The Hall–Kier alpha value is -0.730. The Morgan fingerprint density at radius 3 is 2.47 bits per heavy atom. The van der Waals surface area contributed by atoms with Crippen LogP contribution < -0.4 is 0 Å². The molecule has 0 unspecified atom stereocenters. The molecule has 0 spiro atoms. The molecule has 0 aliphatic carbocycles. The van der Waals surface area contributed by atoms with Crippen molar-refractivity contribution >= 4 is 29.1 Å². The van der Waals surface area contributed by atoms with Gasteiger partial charge in [0, 0.05) is 13.6 Å². The predicted molar refractivity (Wildman–Crippen MR) is 72.6 cm³/mol. The van der Waals surface area contributed by atoms with Gasteiger partial charge in [-0.1, -0.05) is 43.1 Å². The normalized spacial score (nSPS) is 10.7. The van der Waals surface area contributed by atoms with Crippen LogP contribution in [0.3, 0.4) is 0 Å². The second-order valence-corrected chi connectivity index (χ2v) is 5.41. The van der Waals surface area contributed by atoms with Crippen molar-refractivity contribution in [3.63, 3.8) is 0 Å². The molecule has 0 saturated heterocycles. The fourth-order valence-electron chi connectivity index (χ4n) is 1.61. The number of carbonyl (C=O) groups excluding carboxylic acids is 1. The van der Waals surface area contributed by atoms with E-state index in [2.05, 4.69) is 13.8 Å². The van der Waals surface area contributed by atoms with Crippen molar-refractivity contribution in [1.29, 1.82) is 0 Å². The Balaban J connectivity index is 2.64. The molecule has 17 heavy (non-hydrogen) atoms. The van der Waals surface area contributed by atoms with Gasteiger partial charge in [0.1, 0.15) is 0 Å². The number of amides is 1. The maximum Gasteiger partial charge on any atom is 0.226 e. The van der Waals surface area contributed by atoms with Crippen molar-refractivity contribution in [2.24, 2.45) is 5.92 Å².